The summed E-state index contributed by atoms with van der Waals surface area (Å²) in [5.74, 6) is 0. The van der Waals surface area contributed by atoms with E-state index in [1.54, 1.807) is 0 Å². The van der Waals surface area contributed by atoms with Gasteiger partial charge in [0.1, 0.15) is 0 Å². The second kappa shape index (κ2) is 9.05. The Balaban J connectivity index is 0.000000254. The van der Waals surface area contributed by atoms with Crippen molar-refractivity contribution in [1.82, 2.24) is 15.3 Å². The maximum Gasteiger partial charge on any atom is 0.0577 e. The number of hydrogen-bond acceptors (Lipinski definition) is 3. The van der Waals surface area contributed by atoms with E-state index < -0.39 is 0 Å². The molecule has 1 aliphatic rings. The first-order valence-corrected chi connectivity index (χ1v) is 8.79. The number of pyridine rings is 2. The van der Waals surface area contributed by atoms with Gasteiger partial charge in [0.25, 0.3) is 0 Å². The molecule has 0 unspecified atom stereocenters. The monoisotopic (exact) mass is 509 g/mol. The minimum atomic E-state index is 0. The Hall–Kier alpha value is -1.05. The van der Waals surface area contributed by atoms with Crippen molar-refractivity contribution in [2.24, 2.45) is 0 Å². The Bertz CT molecular complexity index is 655. The number of aromatic nitrogens is 2. The molecule has 0 saturated carbocycles. The van der Waals surface area contributed by atoms with Crippen LogP contribution in [0.25, 0.3) is 0 Å². The van der Waals surface area contributed by atoms with Gasteiger partial charge in [-0.2, -0.15) is 0 Å². The molecule has 2 aromatic heterocycles. The summed E-state index contributed by atoms with van der Waals surface area (Å²) in [7, 11) is 0. The van der Waals surface area contributed by atoms with Gasteiger partial charge in [-0.1, -0.05) is 53.7 Å². The van der Waals surface area contributed by atoms with Crippen molar-refractivity contribution in [3.05, 3.63) is 59.2 Å². The van der Waals surface area contributed by atoms with E-state index in [2.05, 4.69) is 70.0 Å². The van der Waals surface area contributed by atoms with Crippen molar-refractivity contribution in [1.29, 1.82) is 0 Å². The summed E-state index contributed by atoms with van der Waals surface area (Å²) in [5, 5.41) is 3.36. The molecular formula is C21H31N3W. The summed E-state index contributed by atoms with van der Waals surface area (Å²) < 4.78 is 0. The molecule has 3 heterocycles. The van der Waals surface area contributed by atoms with Gasteiger partial charge in [0.15, 0.2) is 0 Å². The first-order valence-electron chi connectivity index (χ1n) is 8.79. The molecule has 2 aromatic rings. The topological polar surface area (TPSA) is 37.8 Å². The molecule has 25 heavy (non-hydrogen) atoms. The maximum absolute atomic E-state index is 4.72. The SMILES string of the molecule is CC(C)(C)c1ccc2c(n1)CNCC2.CC(C)(C)c1ccccn1.[W]. The van der Waals surface area contributed by atoms with E-state index in [1.165, 1.54) is 17.0 Å². The third-order valence-corrected chi connectivity index (χ3v) is 4.13. The van der Waals surface area contributed by atoms with Crippen molar-refractivity contribution in [3.8, 4) is 0 Å². The van der Waals surface area contributed by atoms with E-state index in [1.807, 2.05) is 18.3 Å². The molecule has 0 amide bonds. The number of fused-ring (bicyclic) bond motifs is 1. The molecule has 4 heteroatoms. The van der Waals surface area contributed by atoms with Crippen molar-refractivity contribution in [3.63, 3.8) is 0 Å². The van der Waals surface area contributed by atoms with Crippen LogP contribution in [0.1, 0.15) is 64.2 Å². The van der Waals surface area contributed by atoms with Gasteiger partial charge in [0.2, 0.25) is 0 Å². The molecule has 0 radical (unpaired) electrons. The summed E-state index contributed by atoms with van der Waals surface area (Å²) in [6.07, 6.45) is 2.95. The molecule has 0 fully saturated rings. The summed E-state index contributed by atoms with van der Waals surface area (Å²) in [5.41, 5.74) is 5.34. The number of nitrogens with one attached hydrogen (secondary N) is 1. The third-order valence-electron chi connectivity index (χ3n) is 4.13. The normalized spacial score (nSPS) is 13.8. The standard InChI is InChI=1S/C12H18N2.C9H13N.W/c1-12(2,3)11-5-4-9-6-7-13-8-10(9)14-11;1-9(2,3)8-6-4-5-7-10-8;/h4-5,13H,6-8H2,1-3H3;4-7H,1-3H3;. The molecule has 3 nitrogen and oxygen atoms in total. The molecule has 0 spiro atoms. The summed E-state index contributed by atoms with van der Waals surface area (Å²) >= 11 is 0. The van der Waals surface area contributed by atoms with Crippen molar-refractivity contribution in [2.45, 2.75) is 65.3 Å². The quantitative estimate of drug-likeness (QED) is 0.573. The molecule has 0 aromatic carbocycles. The van der Waals surface area contributed by atoms with Gasteiger partial charge in [-0.25, -0.2) is 0 Å². The average Bonchev–Trinajstić information content (AvgIpc) is 2.54. The summed E-state index contributed by atoms with van der Waals surface area (Å²) in [6.45, 7) is 15.1. The Morgan fingerprint density at radius 3 is 2.08 bits per heavy atom. The minimum absolute atomic E-state index is 0. The molecule has 3 rings (SSSR count). The molecule has 0 bridgehead atoms. The second-order valence-corrected chi connectivity index (χ2v) is 8.44. The van der Waals surface area contributed by atoms with Crippen LogP contribution in [-0.2, 0) is 44.9 Å². The molecular weight excluding hydrogens is 478 g/mol. The zero-order valence-electron chi connectivity index (χ0n) is 16.4. The minimum Gasteiger partial charge on any atom is -0.311 e. The third kappa shape index (κ3) is 6.64. The van der Waals surface area contributed by atoms with Crippen LogP contribution >= 0.6 is 0 Å². The largest absolute Gasteiger partial charge is 0.311 e. The van der Waals surface area contributed by atoms with Crippen molar-refractivity contribution >= 4 is 0 Å². The Morgan fingerprint density at radius 2 is 1.56 bits per heavy atom. The Labute approximate surface area is 167 Å². The molecule has 1 aliphatic heterocycles. The van der Waals surface area contributed by atoms with E-state index in [0.29, 0.717) is 0 Å². The van der Waals surface area contributed by atoms with Gasteiger partial charge in [-0.3, -0.25) is 9.97 Å². The first-order chi connectivity index (χ1) is 11.2. The zero-order valence-corrected chi connectivity index (χ0v) is 19.3. The van der Waals surface area contributed by atoms with E-state index in [9.17, 15) is 0 Å². The average molecular weight is 509 g/mol. The first kappa shape index (κ1) is 22.0. The molecule has 136 valence electrons. The second-order valence-electron chi connectivity index (χ2n) is 8.44. The maximum atomic E-state index is 4.72. The fourth-order valence-corrected chi connectivity index (χ4v) is 2.56. The smallest absolute Gasteiger partial charge is 0.0577 e. The summed E-state index contributed by atoms with van der Waals surface area (Å²) in [6, 6.07) is 10.4. The van der Waals surface area contributed by atoms with Crippen molar-refractivity contribution < 1.29 is 21.1 Å². The van der Waals surface area contributed by atoms with Gasteiger partial charge in [-0.15, -0.1) is 0 Å². The van der Waals surface area contributed by atoms with Crippen LogP contribution in [0.15, 0.2) is 36.5 Å². The van der Waals surface area contributed by atoms with Crippen LogP contribution in [-0.4, -0.2) is 16.5 Å². The van der Waals surface area contributed by atoms with Gasteiger partial charge in [0, 0.05) is 56.0 Å². The van der Waals surface area contributed by atoms with Crippen LogP contribution in [0.2, 0.25) is 0 Å². The zero-order chi connectivity index (χ0) is 17.8. The Kier molecular flexibility index (Phi) is 7.96. The molecule has 1 N–H and O–H groups in total. The van der Waals surface area contributed by atoms with Crippen molar-refractivity contribution in [2.75, 3.05) is 6.54 Å². The van der Waals surface area contributed by atoms with Gasteiger partial charge in [-0.05, 0) is 36.7 Å². The fraction of sp³-hybridized carbons (Fsp3) is 0.524. The van der Waals surface area contributed by atoms with E-state index in [-0.39, 0.29) is 31.9 Å². The van der Waals surface area contributed by atoms with E-state index >= 15 is 0 Å². The van der Waals surface area contributed by atoms with E-state index in [4.69, 9.17) is 4.98 Å². The van der Waals surface area contributed by atoms with Crippen LogP contribution in [0, 0.1) is 0 Å². The predicted molar refractivity (Wildman–Crippen MR) is 101 cm³/mol. The van der Waals surface area contributed by atoms with Gasteiger partial charge < -0.3 is 5.32 Å². The molecule has 0 atom stereocenters. The number of rotatable bonds is 0. The van der Waals surface area contributed by atoms with E-state index in [0.717, 1.165) is 25.2 Å². The van der Waals surface area contributed by atoms with Crippen LogP contribution in [0.5, 0.6) is 0 Å². The van der Waals surface area contributed by atoms with Gasteiger partial charge >= 0.3 is 0 Å². The molecule has 0 aliphatic carbocycles. The van der Waals surface area contributed by atoms with Crippen LogP contribution < -0.4 is 5.32 Å². The molecule has 0 saturated heterocycles. The number of nitrogens with zero attached hydrogens (tertiary/aromatic N) is 2. The van der Waals surface area contributed by atoms with Crippen LogP contribution in [0.4, 0.5) is 0 Å². The Morgan fingerprint density at radius 1 is 0.880 bits per heavy atom. The van der Waals surface area contributed by atoms with Gasteiger partial charge in [0.05, 0.1) is 5.69 Å². The van der Waals surface area contributed by atoms with Crippen LogP contribution in [0.3, 0.4) is 0 Å². The predicted octanol–water partition coefficient (Wildman–Crippen LogP) is 4.40. The summed E-state index contributed by atoms with van der Waals surface area (Å²) in [4.78, 5) is 8.97. The fourth-order valence-electron chi connectivity index (χ4n) is 2.56. The number of hydrogen-bond donors (Lipinski definition) is 1.